The fourth-order valence-electron chi connectivity index (χ4n) is 6.57. The number of rotatable bonds is 6. The molecule has 2 fully saturated rings. The molecule has 4 heterocycles. The Bertz CT molecular complexity index is 1410. The van der Waals surface area contributed by atoms with Crippen LogP contribution in [0.4, 0.5) is 5.69 Å². The van der Waals surface area contributed by atoms with E-state index in [1.54, 1.807) is 24.4 Å². The van der Waals surface area contributed by atoms with Crippen molar-refractivity contribution in [3.63, 3.8) is 0 Å². The number of carbonyl (C=O) groups excluding carboxylic acids is 2. The molecular weight excluding hydrogens is 482 g/mol. The summed E-state index contributed by atoms with van der Waals surface area (Å²) in [5.74, 6) is 1.34. The second-order valence-corrected chi connectivity index (χ2v) is 10.7. The van der Waals surface area contributed by atoms with Crippen LogP contribution in [0.2, 0.25) is 0 Å². The molecule has 1 atom stereocenters. The van der Waals surface area contributed by atoms with Gasteiger partial charge in [0.25, 0.3) is 0 Å². The summed E-state index contributed by atoms with van der Waals surface area (Å²) < 4.78 is 12.0. The minimum atomic E-state index is -0.729. The zero-order chi connectivity index (χ0) is 26.4. The molecule has 1 saturated carbocycles. The molecule has 3 aliphatic rings. The number of nitrogens with zero attached hydrogens (tertiary/aromatic N) is 4. The summed E-state index contributed by atoms with van der Waals surface area (Å²) in [4.78, 5) is 35.6. The maximum absolute atomic E-state index is 14.2. The van der Waals surface area contributed by atoms with E-state index in [2.05, 4.69) is 21.8 Å². The summed E-state index contributed by atoms with van der Waals surface area (Å²) >= 11 is 0. The topological polar surface area (TPSA) is 101 Å². The first-order chi connectivity index (χ1) is 18.4. The van der Waals surface area contributed by atoms with Crippen molar-refractivity contribution in [3.05, 3.63) is 54.4 Å². The molecule has 3 aromatic rings. The Morgan fingerprint density at radius 3 is 2.82 bits per heavy atom. The minimum absolute atomic E-state index is 0.0173. The first-order valence-electron chi connectivity index (χ1n) is 13.3. The van der Waals surface area contributed by atoms with Gasteiger partial charge in [0.05, 0.1) is 42.8 Å². The number of carbonyl (C=O) groups is 2. The van der Waals surface area contributed by atoms with Gasteiger partial charge >= 0.3 is 0 Å². The second kappa shape index (κ2) is 9.45. The Labute approximate surface area is 221 Å². The molecule has 1 spiro atoms. The summed E-state index contributed by atoms with van der Waals surface area (Å²) in [5, 5.41) is 7.76. The molecule has 1 aliphatic carbocycles. The summed E-state index contributed by atoms with van der Waals surface area (Å²) in [5.41, 5.74) is 2.66. The largest absolute Gasteiger partial charge is 0.496 e. The lowest BCUT2D eigenvalue weighted by molar-refractivity contribution is -0.132. The normalized spacial score (nSPS) is 24.7. The number of nitrogens with one attached hydrogen (secondary N) is 1. The molecule has 1 unspecified atom stereocenters. The number of aromatic amines is 1. The van der Waals surface area contributed by atoms with E-state index in [0.717, 1.165) is 40.7 Å². The van der Waals surface area contributed by atoms with Crippen LogP contribution in [0.5, 0.6) is 11.5 Å². The maximum Gasteiger partial charge on any atom is 0.243 e. The number of amides is 2. The SMILES string of the molecule is C=C(C)C1CCCN1C(=O)CN1C(=O)C2(CCC(Oc3cnc4[nH]ncc4c3)CC2)c2c(OC)cccc21. The Morgan fingerprint density at radius 1 is 1.24 bits per heavy atom. The molecule has 2 aromatic heterocycles. The standard InChI is InChI=1S/C29H33N5O4/c1-18(2)22-7-5-13-33(22)25(35)17-34-23-6-4-8-24(37-3)26(23)29(28(34)36)11-9-20(10-12-29)38-21-14-19-15-31-32-27(19)30-16-21/h4,6,8,14-16,20,22H,1,5,7,9-13,17H2,2-3H3,(H,30,31,32). The van der Waals surface area contributed by atoms with E-state index in [0.29, 0.717) is 43.7 Å². The van der Waals surface area contributed by atoms with Crippen LogP contribution in [0.3, 0.4) is 0 Å². The number of H-pyrrole nitrogens is 1. The number of ether oxygens (including phenoxy) is 2. The van der Waals surface area contributed by atoms with E-state index < -0.39 is 5.41 Å². The van der Waals surface area contributed by atoms with Crippen molar-refractivity contribution in [1.29, 1.82) is 0 Å². The van der Waals surface area contributed by atoms with E-state index in [1.807, 2.05) is 36.1 Å². The van der Waals surface area contributed by atoms with Crippen LogP contribution in [0.15, 0.2) is 48.8 Å². The third-order valence-corrected chi connectivity index (χ3v) is 8.44. The molecule has 1 N–H and O–H groups in total. The highest BCUT2D eigenvalue weighted by Crippen LogP contribution is 2.54. The molecule has 2 aliphatic heterocycles. The van der Waals surface area contributed by atoms with Crippen molar-refractivity contribution in [3.8, 4) is 11.5 Å². The molecule has 6 rings (SSSR count). The van der Waals surface area contributed by atoms with Crippen LogP contribution < -0.4 is 14.4 Å². The monoisotopic (exact) mass is 515 g/mol. The Morgan fingerprint density at radius 2 is 2.05 bits per heavy atom. The highest BCUT2D eigenvalue weighted by molar-refractivity contribution is 6.11. The van der Waals surface area contributed by atoms with Gasteiger partial charge in [0.2, 0.25) is 11.8 Å². The molecule has 9 nitrogen and oxygen atoms in total. The maximum atomic E-state index is 14.2. The predicted molar refractivity (Wildman–Crippen MR) is 143 cm³/mol. The fourth-order valence-corrected chi connectivity index (χ4v) is 6.57. The third-order valence-electron chi connectivity index (χ3n) is 8.44. The first kappa shape index (κ1) is 24.5. The quantitative estimate of drug-likeness (QED) is 0.495. The van der Waals surface area contributed by atoms with Gasteiger partial charge in [0.1, 0.15) is 18.0 Å². The lowest BCUT2D eigenvalue weighted by Crippen LogP contribution is -2.48. The zero-order valence-electron chi connectivity index (χ0n) is 21.9. The number of methoxy groups -OCH3 is 1. The Hall–Kier alpha value is -3.88. The van der Waals surface area contributed by atoms with Crippen molar-refractivity contribution in [1.82, 2.24) is 20.1 Å². The van der Waals surface area contributed by atoms with Crippen LogP contribution in [0.1, 0.15) is 51.0 Å². The van der Waals surface area contributed by atoms with Crippen molar-refractivity contribution in [2.45, 2.75) is 63.0 Å². The Balaban J connectivity index is 1.24. The summed E-state index contributed by atoms with van der Waals surface area (Å²) in [6.45, 7) is 6.78. The lowest BCUT2D eigenvalue weighted by atomic mass is 9.69. The van der Waals surface area contributed by atoms with Gasteiger partial charge in [-0.3, -0.25) is 14.7 Å². The smallest absolute Gasteiger partial charge is 0.243 e. The van der Waals surface area contributed by atoms with Crippen LogP contribution in [-0.2, 0) is 15.0 Å². The minimum Gasteiger partial charge on any atom is -0.496 e. The van der Waals surface area contributed by atoms with Gasteiger partial charge in [0.15, 0.2) is 5.65 Å². The van der Waals surface area contributed by atoms with Gasteiger partial charge in [-0.25, -0.2) is 4.98 Å². The molecule has 9 heteroatoms. The number of fused-ring (bicyclic) bond motifs is 3. The van der Waals surface area contributed by atoms with Crippen molar-refractivity contribution in [2.75, 3.05) is 25.1 Å². The highest BCUT2D eigenvalue weighted by Gasteiger charge is 2.54. The summed E-state index contributed by atoms with van der Waals surface area (Å²) in [7, 11) is 1.64. The lowest BCUT2D eigenvalue weighted by Gasteiger charge is -2.37. The number of pyridine rings is 1. The number of hydrogen-bond acceptors (Lipinski definition) is 6. The van der Waals surface area contributed by atoms with Gasteiger partial charge in [-0.1, -0.05) is 18.2 Å². The summed E-state index contributed by atoms with van der Waals surface area (Å²) in [6, 6.07) is 7.71. The molecule has 0 radical (unpaired) electrons. The number of aromatic nitrogens is 3. The summed E-state index contributed by atoms with van der Waals surface area (Å²) in [6.07, 6.45) is 7.92. The predicted octanol–water partition coefficient (Wildman–Crippen LogP) is 4.14. The van der Waals surface area contributed by atoms with Gasteiger partial charge < -0.3 is 19.3 Å². The van der Waals surface area contributed by atoms with Gasteiger partial charge in [0, 0.05) is 17.5 Å². The van der Waals surface area contributed by atoms with Crippen LogP contribution >= 0.6 is 0 Å². The zero-order valence-corrected chi connectivity index (χ0v) is 21.9. The van der Waals surface area contributed by atoms with Crippen molar-refractivity contribution >= 4 is 28.5 Å². The Kier molecular flexibility index (Phi) is 6.08. The molecular formula is C29H33N5O4. The number of hydrogen-bond donors (Lipinski definition) is 1. The van der Waals surface area contributed by atoms with Crippen LogP contribution in [0, 0.1) is 0 Å². The average Bonchev–Trinajstić information content (AvgIpc) is 3.65. The molecule has 2 amide bonds. The molecule has 38 heavy (non-hydrogen) atoms. The number of likely N-dealkylation sites (tertiary alicyclic amines) is 1. The van der Waals surface area contributed by atoms with Gasteiger partial charge in [-0.2, -0.15) is 5.10 Å². The molecule has 198 valence electrons. The van der Waals surface area contributed by atoms with Crippen molar-refractivity contribution in [2.24, 2.45) is 0 Å². The van der Waals surface area contributed by atoms with E-state index in [9.17, 15) is 9.59 Å². The average molecular weight is 516 g/mol. The van der Waals surface area contributed by atoms with E-state index in [1.165, 1.54) is 0 Å². The van der Waals surface area contributed by atoms with Crippen LogP contribution in [-0.4, -0.2) is 64.2 Å². The fraction of sp³-hybridized carbons (Fsp3) is 0.448. The van der Waals surface area contributed by atoms with Gasteiger partial charge in [-0.05, 0) is 63.6 Å². The number of anilines is 1. The molecule has 1 aromatic carbocycles. The number of benzene rings is 1. The van der Waals surface area contributed by atoms with Gasteiger partial charge in [-0.15, -0.1) is 0 Å². The second-order valence-electron chi connectivity index (χ2n) is 10.7. The third kappa shape index (κ3) is 3.92. The first-order valence-corrected chi connectivity index (χ1v) is 13.3. The highest BCUT2D eigenvalue weighted by atomic mass is 16.5. The van der Waals surface area contributed by atoms with E-state index in [4.69, 9.17) is 9.47 Å². The molecule has 1 saturated heterocycles. The van der Waals surface area contributed by atoms with E-state index in [-0.39, 0.29) is 30.5 Å². The van der Waals surface area contributed by atoms with Crippen molar-refractivity contribution < 1.29 is 19.1 Å². The van der Waals surface area contributed by atoms with E-state index >= 15 is 0 Å². The molecule has 0 bridgehead atoms. The van der Waals surface area contributed by atoms with Crippen LogP contribution in [0.25, 0.3) is 11.0 Å².